The number of benzene rings is 2. The summed E-state index contributed by atoms with van der Waals surface area (Å²) in [5, 5.41) is 9.64. The molecular weight excluding hydrogens is 274 g/mol. The quantitative estimate of drug-likeness (QED) is 0.940. The van der Waals surface area contributed by atoms with Gasteiger partial charge < -0.3 is 5.11 Å². The van der Waals surface area contributed by atoms with Crippen LogP contribution in [0, 0.1) is 17.0 Å². The fourth-order valence-corrected chi connectivity index (χ4v) is 3.10. The van der Waals surface area contributed by atoms with E-state index in [1.807, 2.05) is 24.3 Å². The molecule has 108 valence electrons. The molecule has 0 bridgehead atoms. The monoisotopic (exact) mass is 288 g/mol. The van der Waals surface area contributed by atoms with Crippen molar-refractivity contribution in [3.63, 3.8) is 0 Å². The lowest BCUT2D eigenvalue weighted by atomic mass is 9.79. The van der Waals surface area contributed by atoms with Gasteiger partial charge in [-0.3, -0.25) is 4.79 Å². The van der Waals surface area contributed by atoms with Crippen molar-refractivity contribution in [1.29, 1.82) is 0 Å². The normalized spacial score (nSPS) is 15.7. The first kappa shape index (κ1) is 13.7. The molecule has 0 unspecified atom stereocenters. The van der Waals surface area contributed by atoms with Crippen molar-refractivity contribution < 1.29 is 18.7 Å². The lowest BCUT2D eigenvalue weighted by molar-refractivity contribution is -0.148. The van der Waals surface area contributed by atoms with Crippen LogP contribution in [-0.4, -0.2) is 11.1 Å². The maximum Gasteiger partial charge on any atom is 0.310 e. The number of halogens is 2. The summed E-state index contributed by atoms with van der Waals surface area (Å²) in [4.78, 5) is 11.8. The Morgan fingerprint density at radius 1 is 1.05 bits per heavy atom. The fourth-order valence-electron chi connectivity index (χ4n) is 3.10. The van der Waals surface area contributed by atoms with E-state index in [1.165, 1.54) is 12.1 Å². The minimum absolute atomic E-state index is 0.0133. The first-order valence-electron chi connectivity index (χ1n) is 6.75. The molecule has 0 atom stereocenters. The molecule has 0 radical (unpaired) electrons. The molecule has 21 heavy (non-hydrogen) atoms. The summed E-state index contributed by atoms with van der Waals surface area (Å²) in [5.74, 6) is -2.86. The van der Waals surface area contributed by atoms with Gasteiger partial charge in [0.15, 0.2) is 11.6 Å². The molecule has 4 heteroatoms. The highest BCUT2D eigenvalue weighted by Gasteiger charge is 2.44. The summed E-state index contributed by atoms with van der Waals surface area (Å²) in [6, 6.07) is 11.4. The number of fused-ring (bicyclic) bond motifs is 1. The summed E-state index contributed by atoms with van der Waals surface area (Å²) in [5.41, 5.74) is 0.955. The highest BCUT2D eigenvalue weighted by atomic mass is 19.2. The van der Waals surface area contributed by atoms with Gasteiger partial charge in [-0.05, 0) is 42.0 Å². The van der Waals surface area contributed by atoms with Crippen molar-refractivity contribution in [3.8, 4) is 0 Å². The predicted molar refractivity (Wildman–Crippen MR) is 74.0 cm³/mol. The Morgan fingerprint density at radius 3 is 2.24 bits per heavy atom. The first-order chi connectivity index (χ1) is 10.0. The molecule has 2 nitrogen and oxygen atoms in total. The molecule has 1 N–H and O–H groups in total. The number of aliphatic carboxylic acids is 1. The van der Waals surface area contributed by atoms with Crippen LogP contribution in [0.25, 0.3) is 0 Å². The highest BCUT2D eigenvalue weighted by Crippen LogP contribution is 2.40. The van der Waals surface area contributed by atoms with Crippen LogP contribution in [0.3, 0.4) is 0 Å². The molecule has 1 aliphatic rings. The molecule has 0 heterocycles. The second-order valence-corrected chi connectivity index (χ2v) is 5.60. The summed E-state index contributed by atoms with van der Waals surface area (Å²) < 4.78 is 27.2. The molecule has 1 aliphatic carbocycles. The van der Waals surface area contributed by atoms with Crippen LogP contribution in [0.4, 0.5) is 8.78 Å². The van der Waals surface area contributed by atoms with Gasteiger partial charge >= 0.3 is 5.97 Å². The fraction of sp³-hybridized carbons (Fsp3) is 0.235. The van der Waals surface area contributed by atoms with E-state index in [-0.39, 0.29) is 12.0 Å². The van der Waals surface area contributed by atoms with Gasteiger partial charge in [-0.25, -0.2) is 8.78 Å². The highest BCUT2D eigenvalue weighted by molar-refractivity contribution is 5.77. The van der Waals surface area contributed by atoms with E-state index in [0.717, 1.165) is 17.2 Å². The van der Waals surface area contributed by atoms with E-state index in [1.54, 1.807) is 0 Å². The number of carboxylic acid groups (broad SMARTS) is 1. The van der Waals surface area contributed by atoms with Crippen molar-refractivity contribution in [2.45, 2.75) is 19.3 Å². The van der Waals surface area contributed by atoms with Crippen LogP contribution < -0.4 is 0 Å². The van der Waals surface area contributed by atoms with E-state index in [0.29, 0.717) is 12.8 Å². The minimum atomic E-state index is -1.10. The van der Waals surface area contributed by atoms with Gasteiger partial charge in [0.1, 0.15) is 0 Å². The standard InChI is InChI=1S/C17H14F2O2/c18-14-7-3-6-13(15(14)19)10-17(16(20)21)8-11-4-1-2-5-12(11)9-17/h1-7H,8-10H2,(H,20,21). The van der Waals surface area contributed by atoms with Crippen molar-refractivity contribution >= 4 is 5.97 Å². The van der Waals surface area contributed by atoms with Gasteiger partial charge in [0.25, 0.3) is 0 Å². The third kappa shape index (κ3) is 2.31. The minimum Gasteiger partial charge on any atom is -0.481 e. The second kappa shape index (κ2) is 4.95. The molecule has 0 amide bonds. The van der Waals surface area contributed by atoms with Crippen LogP contribution in [-0.2, 0) is 24.1 Å². The molecule has 2 aromatic rings. The van der Waals surface area contributed by atoms with Crippen LogP contribution in [0.1, 0.15) is 16.7 Å². The van der Waals surface area contributed by atoms with Crippen LogP contribution in [0.5, 0.6) is 0 Å². The van der Waals surface area contributed by atoms with E-state index in [4.69, 9.17) is 0 Å². The molecule has 0 saturated heterocycles. The van der Waals surface area contributed by atoms with E-state index in [9.17, 15) is 18.7 Å². The second-order valence-electron chi connectivity index (χ2n) is 5.60. The van der Waals surface area contributed by atoms with Crippen molar-refractivity contribution in [2.75, 3.05) is 0 Å². The Morgan fingerprint density at radius 2 is 1.67 bits per heavy atom. The zero-order valence-electron chi connectivity index (χ0n) is 11.3. The first-order valence-corrected chi connectivity index (χ1v) is 6.75. The van der Waals surface area contributed by atoms with Gasteiger partial charge in [-0.15, -0.1) is 0 Å². The van der Waals surface area contributed by atoms with Gasteiger partial charge in [-0.2, -0.15) is 0 Å². The maximum absolute atomic E-state index is 13.8. The number of hydrogen-bond acceptors (Lipinski definition) is 1. The molecule has 0 saturated carbocycles. The summed E-state index contributed by atoms with van der Waals surface area (Å²) in [6.45, 7) is 0. The third-order valence-electron chi connectivity index (χ3n) is 4.19. The van der Waals surface area contributed by atoms with Gasteiger partial charge in [0, 0.05) is 0 Å². The maximum atomic E-state index is 13.8. The lowest BCUT2D eigenvalue weighted by Gasteiger charge is -2.24. The number of carboxylic acids is 1. The molecule has 0 aliphatic heterocycles. The molecule has 3 rings (SSSR count). The zero-order valence-corrected chi connectivity index (χ0v) is 11.3. The Kier molecular flexibility index (Phi) is 3.24. The lowest BCUT2D eigenvalue weighted by Crippen LogP contribution is -2.34. The average Bonchev–Trinajstić information content (AvgIpc) is 2.83. The van der Waals surface area contributed by atoms with Crippen LogP contribution in [0.15, 0.2) is 42.5 Å². The Bertz CT molecular complexity index is 685. The van der Waals surface area contributed by atoms with Gasteiger partial charge in [-0.1, -0.05) is 36.4 Å². The Labute approximate surface area is 121 Å². The third-order valence-corrected chi connectivity index (χ3v) is 4.19. The average molecular weight is 288 g/mol. The van der Waals surface area contributed by atoms with E-state index in [2.05, 4.69) is 0 Å². The van der Waals surface area contributed by atoms with Gasteiger partial charge in [0.2, 0.25) is 0 Å². The Hall–Kier alpha value is -2.23. The smallest absolute Gasteiger partial charge is 0.310 e. The van der Waals surface area contributed by atoms with Crippen molar-refractivity contribution in [2.24, 2.45) is 5.41 Å². The topological polar surface area (TPSA) is 37.3 Å². The molecular formula is C17H14F2O2. The molecule has 2 aromatic carbocycles. The SMILES string of the molecule is O=C(O)C1(Cc2cccc(F)c2F)Cc2ccccc2C1. The number of rotatable bonds is 3. The molecule has 0 spiro atoms. The van der Waals surface area contributed by atoms with Crippen LogP contribution >= 0.6 is 0 Å². The predicted octanol–water partition coefficient (Wildman–Crippen LogP) is 3.38. The van der Waals surface area contributed by atoms with E-state index >= 15 is 0 Å². The summed E-state index contributed by atoms with van der Waals surface area (Å²) in [7, 11) is 0. The summed E-state index contributed by atoms with van der Waals surface area (Å²) >= 11 is 0. The van der Waals surface area contributed by atoms with Crippen molar-refractivity contribution in [3.05, 3.63) is 70.8 Å². The molecule has 0 fully saturated rings. The Balaban J connectivity index is 1.98. The van der Waals surface area contributed by atoms with Gasteiger partial charge in [0.05, 0.1) is 5.41 Å². The molecule has 0 aromatic heterocycles. The van der Waals surface area contributed by atoms with Crippen LogP contribution in [0.2, 0.25) is 0 Å². The number of carbonyl (C=O) groups is 1. The zero-order chi connectivity index (χ0) is 15.0. The van der Waals surface area contributed by atoms with Crippen molar-refractivity contribution in [1.82, 2.24) is 0 Å². The number of hydrogen-bond donors (Lipinski definition) is 1. The summed E-state index contributed by atoms with van der Waals surface area (Å²) in [6.07, 6.45) is 0.670. The van der Waals surface area contributed by atoms with E-state index < -0.39 is 23.0 Å². The largest absolute Gasteiger partial charge is 0.481 e.